The molecule has 17 heavy (non-hydrogen) atoms. The molecule has 0 bridgehead atoms. The first-order valence-corrected chi connectivity index (χ1v) is 5.00. The molecule has 0 unspecified atom stereocenters. The van der Waals surface area contributed by atoms with Gasteiger partial charge in [-0.1, -0.05) is 6.07 Å². The van der Waals surface area contributed by atoms with E-state index >= 15 is 0 Å². The summed E-state index contributed by atoms with van der Waals surface area (Å²) in [5.74, 6) is -1.24. The molecule has 2 heterocycles. The zero-order valence-corrected chi connectivity index (χ0v) is 8.64. The first-order valence-electron chi connectivity index (χ1n) is 5.00. The number of nitrogens with zero attached hydrogens (tertiary/aromatic N) is 3. The Hall–Kier alpha value is -2.30. The number of fused-ring (bicyclic) bond motifs is 1. The maximum atomic E-state index is 13.6. The molecule has 0 amide bonds. The summed E-state index contributed by atoms with van der Waals surface area (Å²) in [6, 6.07) is 5.45. The molecular weight excluding hydrogens is 224 g/mol. The second kappa shape index (κ2) is 3.62. The molecule has 2 aromatic heterocycles. The lowest BCUT2D eigenvalue weighted by Gasteiger charge is -2.02. The van der Waals surface area contributed by atoms with Gasteiger partial charge in [0.2, 0.25) is 0 Å². The first kappa shape index (κ1) is 9.89. The summed E-state index contributed by atoms with van der Waals surface area (Å²) < 4.78 is 28.7. The van der Waals surface area contributed by atoms with Gasteiger partial charge in [0.05, 0.1) is 17.3 Å². The second-order valence-corrected chi connectivity index (χ2v) is 3.54. The Morgan fingerprint density at radius 2 is 1.82 bits per heavy atom. The Morgan fingerprint density at radius 3 is 2.59 bits per heavy atom. The smallest absolute Gasteiger partial charge is 0.162 e. The van der Waals surface area contributed by atoms with Gasteiger partial charge in [0, 0.05) is 12.4 Å². The largest absolute Gasteiger partial charge is 0.236 e. The van der Waals surface area contributed by atoms with Crippen LogP contribution in [0.25, 0.3) is 16.8 Å². The number of hydrogen-bond acceptors (Lipinski definition) is 2. The Bertz CT molecular complexity index is 671. The van der Waals surface area contributed by atoms with Gasteiger partial charge in [0.25, 0.3) is 0 Å². The van der Waals surface area contributed by atoms with E-state index in [-0.39, 0.29) is 5.56 Å². The van der Waals surface area contributed by atoms with E-state index in [4.69, 9.17) is 0 Å². The molecular formula is C12H7F2N3. The van der Waals surface area contributed by atoms with Crippen molar-refractivity contribution in [2.45, 2.75) is 0 Å². The lowest BCUT2D eigenvalue weighted by atomic mass is 10.1. The fourth-order valence-corrected chi connectivity index (χ4v) is 1.76. The average Bonchev–Trinajstić information content (AvgIpc) is 2.73. The minimum Gasteiger partial charge on any atom is -0.236 e. The standard InChI is InChI=1S/C12H7F2N3/c13-9-3-1-4-10(14)11(9)8-7-16-17-6-2-5-15-12(8)17/h1-7H. The topological polar surface area (TPSA) is 30.2 Å². The van der Waals surface area contributed by atoms with E-state index in [2.05, 4.69) is 10.1 Å². The lowest BCUT2D eigenvalue weighted by Crippen LogP contribution is -1.91. The van der Waals surface area contributed by atoms with Gasteiger partial charge < -0.3 is 0 Å². The van der Waals surface area contributed by atoms with Crippen LogP contribution in [-0.4, -0.2) is 14.6 Å². The van der Waals surface area contributed by atoms with Crippen LogP contribution in [0.5, 0.6) is 0 Å². The Kier molecular flexibility index (Phi) is 2.11. The zero-order chi connectivity index (χ0) is 11.8. The molecule has 0 N–H and O–H groups in total. The fourth-order valence-electron chi connectivity index (χ4n) is 1.76. The minimum absolute atomic E-state index is 0.0961. The summed E-state index contributed by atoms with van der Waals surface area (Å²) in [6.07, 6.45) is 4.63. The summed E-state index contributed by atoms with van der Waals surface area (Å²) in [4.78, 5) is 4.07. The van der Waals surface area contributed by atoms with Gasteiger partial charge in [-0.2, -0.15) is 5.10 Å². The Labute approximate surface area is 95.3 Å². The molecule has 1 aromatic carbocycles. The second-order valence-electron chi connectivity index (χ2n) is 3.54. The molecule has 3 aromatic rings. The van der Waals surface area contributed by atoms with Gasteiger partial charge in [-0.3, -0.25) is 0 Å². The van der Waals surface area contributed by atoms with E-state index in [1.54, 1.807) is 18.5 Å². The van der Waals surface area contributed by atoms with Crippen molar-refractivity contribution in [3.8, 4) is 11.1 Å². The maximum absolute atomic E-state index is 13.6. The van der Waals surface area contributed by atoms with Gasteiger partial charge in [-0.05, 0) is 18.2 Å². The summed E-state index contributed by atoms with van der Waals surface area (Å²) in [5.41, 5.74) is 0.680. The van der Waals surface area contributed by atoms with E-state index in [1.165, 1.54) is 28.9 Å². The van der Waals surface area contributed by atoms with Crippen LogP contribution in [-0.2, 0) is 0 Å². The highest BCUT2D eigenvalue weighted by Gasteiger charge is 2.15. The number of rotatable bonds is 1. The molecule has 5 heteroatoms. The van der Waals surface area contributed by atoms with Gasteiger partial charge in [-0.15, -0.1) is 0 Å². The van der Waals surface area contributed by atoms with Gasteiger partial charge >= 0.3 is 0 Å². The molecule has 3 nitrogen and oxygen atoms in total. The normalized spacial score (nSPS) is 10.9. The van der Waals surface area contributed by atoms with Gasteiger partial charge in [0.1, 0.15) is 11.6 Å². The predicted molar refractivity (Wildman–Crippen MR) is 58.3 cm³/mol. The van der Waals surface area contributed by atoms with Crippen LogP contribution in [0, 0.1) is 11.6 Å². The van der Waals surface area contributed by atoms with Crippen LogP contribution in [0.2, 0.25) is 0 Å². The Morgan fingerprint density at radius 1 is 1.06 bits per heavy atom. The summed E-state index contributed by atoms with van der Waals surface area (Å²) >= 11 is 0. The van der Waals surface area contributed by atoms with E-state index in [1.807, 2.05) is 0 Å². The monoisotopic (exact) mass is 231 g/mol. The SMILES string of the molecule is Fc1cccc(F)c1-c1cnn2cccnc12. The van der Waals surface area contributed by atoms with Crippen molar-refractivity contribution < 1.29 is 8.78 Å². The third-order valence-electron chi connectivity index (χ3n) is 2.51. The first-order chi connectivity index (χ1) is 8.27. The molecule has 0 aliphatic rings. The molecule has 0 fully saturated rings. The van der Waals surface area contributed by atoms with Crippen LogP contribution in [0.15, 0.2) is 42.9 Å². The third-order valence-corrected chi connectivity index (χ3v) is 2.51. The van der Waals surface area contributed by atoms with Crippen LogP contribution < -0.4 is 0 Å². The molecule has 0 aliphatic carbocycles. The van der Waals surface area contributed by atoms with Crippen molar-refractivity contribution in [2.24, 2.45) is 0 Å². The highest BCUT2D eigenvalue weighted by atomic mass is 19.1. The van der Waals surface area contributed by atoms with Crippen molar-refractivity contribution >= 4 is 5.65 Å². The highest BCUT2D eigenvalue weighted by molar-refractivity contribution is 5.77. The van der Waals surface area contributed by atoms with Crippen LogP contribution >= 0.6 is 0 Å². The van der Waals surface area contributed by atoms with Crippen LogP contribution in [0.1, 0.15) is 0 Å². The molecule has 0 radical (unpaired) electrons. The van der Waals surface area contributed by atoms with Crippen molar-refractivity contribution in [3.63, 3.8) is 0 Å². The van der Waals surface area contributed by atoms with Gasteiger partial charge in [-0.25, -0.2) is 18.3 Å². The lowest BCUT2D eigenvalue weighted by molar-refractivity contribution is 0.590. The van der Waals surface area contributed by atoms with E-state index in [0.29, 0.717) is 11.2 Å². The zero-order valence-electron chi connectivity index (χ0n) is 8.64. The van der Waals surface area contributed by atoms with Crippen molar-refractivity contribution in [1.29, 1.82) is 0 Å². The molecule has 0 spiro atoms. The molecule has 0 saturated heterocycles. The van der Waals surface area contributed by atoms with E-state index in [0.717, 1.165) is 0 Å². The minimum atomic E-state index is -0.620. The number of hydrogen-bond donors (Lipinski definition) is 0. The van der Waals surface area contributed by atoms with Crippen molar-refractivity contribution in [2.75, 3.05) is 0 Å². The summed E-state index contributed by atoms with van der Waals surface area (Å²) in [5, 5.41) is 4.00. The van der Waals surface area contributed by atoms with Crippen molar-refractivity contribution in [1.82, 2.24) is 14.6 Å². The summed E-state index contributed by atoms with van der Waals surface area (Å²) in [6.45, 7) is 0. The van der Waals surface area contributed by atoms with E-state index < -0.39 is 11.6 Å². The molecule has 0 saturated carbocycles. The van der Waals surface area contributed by atoms with Crippen LogP contribution in [0.3, 0.4) is 0 Å². The summed E-state index contributed by atoms with van der Waals surface area (Å²) in [7, 11) is 0. The molecule has 0 aliphatic heterocycles. The van der Waals surface area contributed by atoms with Crippen molar-refractivity contribution in [3.05, 3.63) is 54.5 Å². The Balaban J connectivity index is 2.35. The predicted octanol–water partition coefficient (Wildman–Crippen LogP) is 2.67. The number of halogens is 2. The number of benzene rings is 1. The van der Waals surface area contributed by atoms with Gasteiger partial charge in [0.15, 0.2) is 5.65 Å². The average molecular weight is 231 g/mol. The van der Waals surface area contributed by atoms with Crippen LogP contribution in [0.4, 0.5) is 8.78 Å². The number of aromatic nitrogens is 3. The maximum Gasteiger partial charge on any atom is 0.162 e. The molecule has 0 atom stereocenters. The highest BCUT2D eigenvalue weighted by Crippen LogP contribution is 2.28. The third kappa shape index (κ3) is 1.47. The fraction of sp³-hybridized carbons (Fsp3) is 0. The quantitative estimate of drug-likeness (QED) is 0.644. The molecule has 84 valence electrons. The van der Waals surface area contributed by atoms with E-state index in [9.17, 15) is 8.78 Å². The molecule has 3 rings (SSSR count).